The van der Waals surface area contributed by atoms with Gasteiger partial charge in [-0.1, -0.05) is 24.3 Å². The van der Waals surface area contributed by atoms with Gasteiger partial charge in [0.15, 0.2) is 11.5 Å². The number of carboxylic acid groups (broad SMARTS) is 1. The van der Waals surface area contributed by atoms with Crippen LogP contribution in [0, 0.1) is 28.5 Å². The average Bonchev–Trinajstić information content (AvgIpc) is 3.16. The number of carbonyl (C=O) groups excluding carboxylic acids is 1. The lowest BCUT2D eigenvalue weighted by molar-refractivity contribution is -0.124. The molecule has 0 bridgehead atoms. The Kier molecular flexibility index (Phi) is 13.0. The Bertz CT molecular complexity index is 2000. The minimum absolute atomic E-state index is 0.0957. The second kappa shape index (κ2) is 17.8. The lowest BCUT2D eigenvalue weighted by Crippen LogP contribution is -2.43. The van der Waals surface area contributed by atoms with Gasteiger partial charge >= 0.3 is 0 Å². The maximum atomic E-state index is 14.9. The minimum Gasteiger partial charge on any atom is -0.504 e. The highest BCUT2D eigenvalue weighted by molar-refractivity contribution is 5.91. The SMILES string of the molecule is COc1ccc(-c2cnc(N3CCC(NCc4ccc(/C=C/C(=O)NO)cc4OC)CC3)c(C#N)c2-c2ccc(C#N)c(F)c2)cc1O.O=CO. The molecule has 1 aromatic heterocycles. The van der Waals surface area contributed by atoms with E-state index in [0.717, 1.165) is 24.0 Å². The molecular weight excluding hydrogens is 659 g/mol. The summed E-state index contributed by atoms with van der Waals surface area (Å²) in [6, 6.07) is 19.0. The first-order valence-corrected chi connectivity index (χ1v) is 15.6. The Labute approximate surface area is 293 Å². The normalized spacial score (nSPS) is 12.6. The molecule has 3 aromatic carbocycles. The van der Waals surface area contributed by atoms with Crippen LogP contribution in [0.1, 0.15) is 35.1 Å². The van der Waals surface area contributed by atoms with Crippen molar-refractivity contribution >= 4 is 24.3 Å². The van der Waals surface area contributed by atoms with Crippen LogP contribution in [0.4, 0.5) is 10.2 Å². The quantitative estimate of drug-likeness (QED) is 0.0645. The van der Waals surface area contributed by atoms with Crippen molar-refractivity contribution < 1.29 is 38.9 Å². The van der Waals surface area contributed by atoms with Crippen LogP contribution in [0.2, 0.25) is 0 Å². The van der Waals surface area contributed by atoms with Gasteiger partial charge in [0.2, 0.25) is 0 Å². The van der Waals surface area contributed by atoms with E-state index in [4.69, 9.17) is 29.6 Å². The minimum atomic E-state index is -0.704. The Hall–Kier alpha value is -6.48. The molecule has 2 heterocycles. The molecule has 13 nitrogen and oxygen atoms in total. The predicted molar refractivity (Wildman–Crippen MR) is 185 cm³/mol. The number of pyridine rings is 1. The third kappa shape index (κ3) is 8.96. The number of nitrogens with one attached hydrogen (secondary N) is 2. The van der Waals surface area contributed by atoms with Crippen LogP contribution in [-0.2, 0) is 16.1 Å². The van der Waals surface area contributed by atoms with Crippen LogP contribution in [0.3, 0.4) is 0 Å². The Morgan fingerprint density at radius 2 is 1.75 bits per heavy atom. The van der Waals surface area contributed by atoms with Crippen LogP contribution in [0.5, 0.6) is 17.2 Å². The number of phenols is 1. The number of ether oxygens (including phenoxy) is 2. The van der Waals surface area contributed by atoms with Crippen LogP contribution in [0.15, 0.2) is 66.9 Å². The number of halogens is 1. The molecule has 1 aliphatic heterocycles. The number of hydroxylamine groups is 1. The molecule has 1 fully saturated rings. The second-order valence-corrected chi connectivity index (χ2v) is 11.2. The zero-order valence-corrected chi connectivity index (χ0v) is 27.8. The van der Waals surface area contributed by atoms with Crippen molar-refractivity contribution in [3.05, 3.63) is 94.9 Å². The number of aromatic hydroxyl groups is 1. The summed E-state index contributed by atoms with van der Waals surface area (Å²) >= 11 is 0. The van der Waals surface area contributed by atoms with Gasteiger partial charge in [-0.2, -0.15) is 10.5 Å². The summed E-state index contributed by atoms with van der Waals surface area (Å²) in [6.07, 6.45) is 5.94. The van der Waals surface area contributed by atoms with E-state index in [2.05, 4.69) is 11.4 Å². The smallest absolute Gasteiger partial charge is 0.290 e. The van der Waals surface area contributed by atoms with Gasteiger partial charge in [-0.3, -0.25) is 14.8 Å². The monoisotopic (exact) mass is 694 g/mol. The van der Waals surface area contributed by atoms with E-state index in [1.807, 2.05) is 29.2 Å². The molecule has 0 atom stereocenters. The van der Waals surface area contributed by atoms with Crippen molar-refractivity contribution in [3.8, 4) is 51.6 Å². The van der Waals surface area contributed by atoms with E-state index in [0.29, 0.717) is 53.5 Å². The van der Waals surface area contributed by atoms with Crippen molar-refractivity contribution in [3.63, 3.8) is 0 Å². The summed E-state index contributed by atoms with van der Waals surface area (Å²) in [6.45, 7) is 1.52. The zero-order chi connectivity index (χ0) is 36.9. The van der Waals surface area contributed by atoms with Gasteiger partial charge in [-0.15, -0.1) is 0 Å². The molecule has 4 aromatic rings. The maximum absolute atomic E-state index is 14.9. The van der Waals surface area contributed by atoms with Crippen molar-refractivity contribution in [2.24, 2.45) is 0 Å². The van der Waals surface area contributed by atoms with Gasteiger partial charge < -0.3 is 29.9 Å². The maximum Gasteiger partial charge on any atom is 0.290 e. The molecule has 5 rings (SSSR count). The standard InChI is InChI=1S/C36H33FN6O5.CH2O2/c1-47-32-9-8-23(17-31(32)44)29-21-41-36(28(19-39)35(29)24-6-7-25(18-38)30(37)16-24)43-13-11-27(12-14-43)40-20-26-5-3-22(15-33(26)48-2)4-10-34(45)42-46;2-1-3/h3-10,15-17,21,27,40,44,46H,11-14,20H2,1-2H3,(H,42,45);1H,(H,2,3)/b10-4+;. The highest BCUT2D eigenvalue weighted by atomic mass is 19.1. The topological polar surface area (TPSA) is 201 Å². The molecule has 0 saturated carbocycles. The first-order valence-electron chi connectivity index (χ1n) is 15.6. The Morgan fingerprint density at radius 3 is 2.35 bits per heavy atom. The van der Waals surface area contributed by atoms with E-state index in [-0.39, 0.29) is 35.1 Å². The molecule has 0 unspecified atom stereocenters. The number of benzene rings is 3. The Balaban J connectivity index is 0.00000188. The molecule has 0 spiro atoms. The molecule has 1 saturated heterocycles. The van der Waals surface area contributed by atoms with Crippen LogP contribution in [0.25, 0.3) is 28.3 Å². The molecule has 14 heteroatoms. The third-order valence-corrected chi connectivity index (χ3v) is 8.26. The van der Waals surface area contributed by atoms with E-state index in [1.54, 1.807) is 43.1 Å². The van der Waals surface area contributed by atoms with Gasteiger partial charge in [0.05, 0.1) is 19.8 Å². The molecule has 1 aliphatic rings. The van der Waals surface area contributed by atoms with Crippen molar-refractivity contribution in [2.75, 3.05) is 32.2 Å². The number of phenolic OH excluding ortho intramolecular Hbond substituents is 1. The number of nitriles is 2. The number of hydrogen-bond acceptors (Lipinski definition) is 11. The Morgan fingerprint density at radius 1 is 1.04 bits per heavy atom. The molecule has 5 N–H and O–H groups in total. The molecule has 0 aliphatic carbocycles. The molecule has 51 heavy (non-hydrogen) atoms. The predicted octanol–water partition coefficient (Wildman–Crippen LogP) is 5.00. The summed E-state index contributed by atoms with van der Waals surface area (Å²) in [5.74, 6) is -0.0190. The number of piperidine rings is 1. The number of nitrogens with zero attached hydrogens (tertiary/aromatic N) is 4. The summed E-state index contributed by atoms with van der Waals surface area (Å²) < 4.78 is 25.6. The largest absolute Gasteiger partial charge is 0.504 e. The second-order valence-electron chi connectivity index (χ2n) is 11.2. The summed E-state index contributed by atoms with van der Waals surface area (Å²) in [5, 5.41) is 49.4. The molecule has 1 amide bonds. The highest BCUT2D eigenvalue weighted by Gasteiger charge is 2.26. The summed E-state index contributed by atoms with van der Waals surface area (Å²) in [5.41, 5.74) is 5.31. The van der Waals surface area contributed by atoms with Crippen LogP contribution in [-0.4, -0.2) is 66.1 Å². The number of methoxy groups -OCH3 is 2. The van der Waals surface area contributed by atoms with Crippen molar-refractivity contribution in [2.45, 2.75) is 25.4 Å². The van der Waals surface area contributed by atoms with E-state index >= 15 is 0 Å². The lowest BCUT2D eigenvalue weighted by atomic mass is 9.91. The van der Waals surface area contributed by atoms with Gasteiger partial charge in [0.1, 0.15) is 35.1 Å². The molecule has 262 valence electrons. The van der Waals surface area contributed by atoms with E-state index in [9.17, 15) is 24.8 Å². The average molecular weight is 695 g/mol. The number of amides is 1. The lowest BCUT2D eigenvalue weighted by Gasteiger charge is -2.34. The molecule has 0 radical (unpaired) electrons. The number of aromatic nitrogens is 1. The molecular formula is C37H35FN6O7. The fourth-order valence-corrected chi connectivity index (χ4v) is 5.75. The van der Waals surface area contributed by atoms with Gasteiger partial charge in [-0.05, 0) is 65.9 Å². The number of anilines is 1. The van der Waals surface area contributed by atoms with E-state index < -0.39 is 11.7 Å². The first kappa shape index (κ1) is 37.3. The first-order chi connectivity index (χ1) is 24.7. The summed E-state index contributed by atoms with van der Waals surface area (Å²) in [7, 11) is 3.02. The fourth-order valence-electron chi connectivity index (χ4n) is 5.75. The number of rotatable bonds is 10. The van der Waals surface area contributed by atoms with E-state index in [1.165, 1.54) is 31.4 Å². The number of carbonyl (C=O) groups is 2. The van der Waals surface area contributed by atoms with Crippen molar-refractivity contribution in [1.29, 1.82) is 10.5 Å². The van der Waals surface area contributed by atoms with Crippen LogP contribution < -0.4 is 25.2 Å². The summed E-state index contributed by atoms with van der Waals surface area (Å²) in [4.78, 5) is 26.4. The highest BCUT2D eigenvalue weighted by Crippen LogP contribution is 2.41. The van der Waals surface area contributed by atoms with Gasteiger partial charge in [0, 0.05) is 54.6 Å². The zero-order valence-electron chi connectivity index (χ0n) is 27.8. The third-order valence-electron chi connectivity index (χ3n) is 8.26. The number of hydrogen-bond donors (Lipinski definition) is 5. The van der Waals surface area contributed by atoms with Crippen molar-refractivity contribution in [1.82, 2.24) is 15.8 Å². The fraction of sp³-hybridized carbons (Fsp3) is 0.216. The van der Waals surface area contributed by atoms with Gasteiger partial charge in [0.25, 0.3) is 12.4 Å². The van der Waals surface area contributed by atoms with Crippen LogP contribution >= 0.6 is 0 Å². The van der Waals surface area contributed by atoms with Gasteiger partial charge in [-0.25, -0.2) is 14.9 Å².